The van der Waals surface area contributed by atoms with Gasteiger partial charge in [-0.1, -0.05) is 11.6 Å². The number of rotatable bonds is 2. The molecule has 0 atom stereocenters. The molecule has 0 saturated heterocycles. The Labute approximate surface area is 87.1 Å². The van der Waals surface area contributed by atoms with Gasteiger partial charge in [0, 0.05) is 0 Å². The molecule has 3 nitrogen and oxygen atoms in total. The lowest BCUT2D eigenvalue weighted by atomic mass is 10.1. The van der Waals surface area contributed by atoms with Crippen LogP contribution in [-0.2, 0) is 11.3 Å². The van der Waals surface area contributed by atoms with E-state index in [-0.39, 0.29) is 6.54 Å². The lowest BCUT2D eigenvalue weighted by Gasteiger charge is -2.01. The molecule has 1 aromatic rings. The van der Waals surface area contributed by atoms with Crippen molar-refractivity contribution in [3.63, 3.8) is 0 Å². The first kappa shape index (κ1) is 10.6. The minimum absolute atomic E-state index is 0.170. The van der Waals surface area contributed by atoms with Crippen molar-refractivity contribution in [2.24, 2.45) is 0 Å². The topological polar surface area (TPSA) is 30.7 Å². The summed E-state index contributed by atoms with van der Waals surface area (Å²) in [5, 5.41) is 0.494. The van der Waals surface area contributed by atoms with Crippen LogP contribution in [0.4, 0.5) is 0 Å². The molecule has 0 N–H and O–H groups in total. The monoisotopic (exact) mass is 209 g/mol. The van der Waals surface area contributed by atoms with Crippen molar-refractivity contribution >= 4 is 17.6 Å². The zero-order chi connectivity index (χ0) is 10.6. The van der Waals surface area contributed by atoms with Crippen LogP contribution in [0.2, 0.25) is 5.02 Å². The van der Waals surface area contributed by atoms with E-state index >= 15 is 0 Å². The third-order valence-electron chi connectivity index (χ3n) is 1.72. The van der Waals surface area contributed by atoms with Crippen molar-refractivity contribution in [1.82, 2.24) is 0 Å². The Morgan fingerprint density at radius 1 is 1.64 bits per heavy atom. The summed E-state index contributed by atoms with van der Waals surface area (Å²) in [6, 6.07) is 4.74. The lowest BCUT2D eigenvalue weighted by molar-refractivity contribution is 0.0600. The summed E-state index contributed by atoms with van der Waals surface area (Å²) in [6.45, 7) is 6.88. The summed E-state index contributed by atoms with van der Waals surface area (Å²) in [4.78, 5) is 14.3. The number of benzene rings is 1. The zero-order valence-corrected chi connectivity index (χ0v) is 8.34. The lowest BCUT2D eigenvalue weighted by Crippen LogP contribution is -2.01. The Kier molecular flexibility index (Phi) is 3.49. The largest absolute Gasteiger partial charge is 0.465 e. The first-order valence-corrected chi connectivity index (χ1v) is 4.26. The van der Waals surface area contributed by atoms with E-state index in [1.54, 1.807) is 18.2 Å². The second-order valence-electron chi connectivity index (χ2n) is 2.61. The maximum atomic E-state index is 11.1. The molecule has 0 fully saturated rings. The molecule has 0 amide bonds. The molecule has 0 aromatic heterocycles. The van der Waals surface area contributed by atoms with Crippen molar-refractivity contribution in [3.05, 3.63) is 45.8 Å². The molecule has 0 spiro atoms. The van der Waals surface area contributed by atoms with Crippen LogP contribution >= 0.6 is 11.6 Å². The fourth-order valence-corrected chi connectivity index (χ4v) is 1.20. The average molecular weight is 210 g/mol. The molecule has 1 aromatic carbocycles. The molecule has 14 heavy (non-hydrogen) atoms. The highest BCUT2D eigenvalue weighted by Gasteiger charge is 2.09. The van der Waals surface area contributed by atoms with E-state index in [0.29, 0.717) is 16.1 Å². The average Bonchev–Trinajstić information content (AvgIpc) is 2.20. The maximum Gasteiger partial charge on any atom is 0.337 e. The van der Waals surface area contributed by atoms with Gasteiger partial charge in [-0.2, -0.15) is 0 Å². The van der Waals surface area contributed by atoms with Crippen LogP contribution in [0.15, 0.2) is 18.2 Å². The molecule has 0 aliphatic heterocycles. The van der Waals surface area contributed by atoms with Crippen LogP contribution in [0, 0.1) is 6.57 Å². The van der Waals surface area contributed by atoms with Gasteiger partial charge in [0.25, 0.3) is 0 Å². The molecular formula is C10H8ClNO2. The number of methoxy groups -OCH3 is 1. The fourth-order valence-electron chi connectivity index (χ4n) is 1.03. The standard InChI is InChI=1S/C10H8ClNO2/c1-12-6-8-5-7(10(13)14-2)3-4-9(8)11/h3-5H,6H2,2H3. The summed E-state index contributed by atoms with van der Waals surface area (Å²) in [7, 11) is 1.31. The zero-order valence-electron chi connectivity index (χ0n) is 7.58. The van der Waals surface area contributed by atoms with Crippen LogP contribution in [0.25, 0.3) is 4.85 Å². The summed E-state index contributed by atoms with van der Waals surface area (Å²) in [6.07, 6.45) is 0. The number of halogens is 1. The number of esters is 1. The summed E-state index contributed by atoms with van der Waals surface area (Å²) in [5.74, 6) is -0.423. The number of carbonyl (C=O) groups excluding carboxylic acids is 1. The Bertz CT molecular complexity index is 396. The number of ether oxygens (including phenoxy) is 1. The normalized spacial score (nSPS) is 9.21. The molecule has 0 bridgehead atoms. The minimum atomic E-state index is -0.423. The van der Waals surface area contributed by atoms with E-state index in [1.807, 2.05) is 0 Å². The van der Waals surface area contributed by atoms with E-state index < -0.39 is 5.97 Å². The highest BCUT2D eigenvalue weighted by atomic mass is 35.5. The van der Waals surface area contributed by atoms with Gasteiger partial charge in [0.05, 0.1) is 23.3 Å². The molecule has 4 heteroatoms. The number of hydrogen-bond acceptors (Lipinski definition) is 2. The maximum absolute atomic E-state index is 11.1. The van der Waals surface area contributed by atoms with Gasteiger partial charge >= 0.3 is 5.97 Å². The van der Waals surface area contributed by atoms with Crippen LogP contribution in [-0.4, -0.2) is 13.1 Å². The highest BCUT2D eigenvalue weighted by Crippen LogP contribution is 2.18. The van der Waals surface area contributed by atoms with Gasteiger partial charge in [0.15, 0.2) is 0 Å². The SMILES string of the molecule is [C-]#[N+]Cc1cc(C(=O)OC)ccc1Cl. The van der Waals surface area contributed by atoms with Crippen LogP contribution in [0.1, 0.15) is 15.9 Å². The van der Waals surface area contributed by atoms with Gasteiger partial charge in [0.2, 0.25) is 6.54 Å². The molecule has 0 aliphatic carbocycles. The third-order valence-corrected chi connectivity index (χ3v) is 2.08. The predicted octanol–water partition coefficient (Wildman–Crippen LogP) is 2.55. The number of nitrogens with zero attached hydrogens (tertiary/aromatic N) is 1. The Balaban J connectivity index is 3.07. The number of hydrogen-bond donors (Lipinski definition) is 0. The van der Waals surface area contributed by atoms with Crippen LogP contribution in [0.3, 0.4) is 0 Å². The first-order chi connectivity index (χ1) is 6.69. The van der Waals surface area contributed by atoms with E-state index in [1.165, 1.54) is 7.11 Å². The third kappa shape index (κ3) is 2.24. The second-order valence-corrected chi connectivity index (χ2v) is 3.02. The second kappa shape index (κ2) is 4.64. The van der Waals surface area contributed by atoms with Gasteiger partial charge < -0.3 is 9.58 Å². The van der Waals surface area contributed by atoms with Crippen molar-refractivity contribution in [3.8, 4) is 0 Å². The molecule has 1 rings (SSSR count). The molecule has 0 aliphatic rings. The molecule has 0 saturated carbocycles. The van der Waals surface area contributed by atoms with Crippen LogP contribution < -0.4 is 0 Å². The Hall–Kier alpha value is -1.53. The molecule has 72 valence electrons. The van der Waals surface area contributed by atoms with Crippen molar-refractivity contribution in [2.45, 2.75) is 6.54 Å². The highest BCUT2D eigenvalue weighted by molar-refractivity contribution is 6.31. The van der Waals surface area contributed by atoms with Crippen molar-refractivity contribution in [2.75, 3.05) is 7.11 Å². The molecule has 0 radical (unpaired) electrons. The minimum Gasteiger partial charge on any atom is -0.465 e. The van der Waals surface area contributed by atoms with Crippen molar-refractivity contribution < 1.29 is 9.53 Å². The summed E-state index contributed by atoms with van der Waals surface area (Å²) >= 11 is 5.83. The fraction of sp³-hybridized carbons (Fsp3) is 0.200. The smallest absolute Gasteiger partial charge is 0.337 e. The van der Waals surface area contributed by atoms with E-state index in [0.717, 1.165) is 0 Å². The molecule has 0 heterocycles. The quantitative estimate of drug-likeness (QED) is 0.554. The summed E-state index contributed by atoms with van der Waals surface area (Å²) < 4.78 is 4.55. The Morgan fingerprint density at radius 3 is 2.93 bits per heavy atom. The van der Waals surface area contributed by atoms with Gasteiger partial charge in [-0.05, 0) is 18.2 Å². The summed E-state index contributed by atoms with van der Waals surface area (Å²) in [5.41, 5.74) is 1.06. The van der Waals surface area contributed by atoms with Gasteiger partial charge in [-0.25, -0.2) is 11.4 Å². The molecular weight excluding hydrogens is 202 g/mol. The van der Waals surface area contributed by atoms with E-state index in [9.17, 15) is 4.79 Å². The van der Waals surface area contributed by atoms with Crippen molar-refractivity contribution in [1.29, 1.82) is 0 Å². The van der Waals surface area contributed by atoms with Gasteiger partial charge in [0.1, 0.15) is 0 Å². The van der Waals surface area contributed by atoms with Crippen LogP contribution in [0.5, 0.6) is 0 Å². The number of carbonyl (C=O) groups is 1. The van der Waals surface area contributed by atoms with Gasteiger partial charge in [-0.15, -0.1) is 0 Å². The van der Waals surface area contributed by atoms with E-state index in [4.69, 9.17) is 18.2 Å². The Morgan fingerprint density at radius 2 is 2.36 bits per heavy atom. The predicted molar refractivity (Wildman–Crippen MR) is 53.1 cm³/mol. The first-order valence-electron chi connectivity index (χ1n) is 3.89. The van der Waals surface area contributed by atoms with E-state index in [2.05, 4.69) is 9.58 Å². The molecule has 0 unspecified atom stereocenters. The van der Waals surface area contributed by atoms with Gasteiger partial charge in [-0.3, -0.25) is 0 Å².